The lowest BCUT2D eigenvalue weighted by molar-refractivity contribution is -0.131. The van der Waals surface area contributed by atoms with Gasteiger partial charge in [-0.2, -0.15) is 5.10 Å². The number of carbonyl (C=O) groups excluding carboxylic acids is 2. The molecule has 3 rings (SSSR count). The summed E-state index contributed by atoms with van der Waals surface area (Å²) in [6.07, 6.45) is 1.35. The van der Waals surface area contributed by atoms with Crippen molar-refractivity contribution in [3.05, 3.63) is 53.6 Å². The Kier molecular flexibility index (Phi) is 5.21. The molecule has 3 amide bonds. The zero-order chi connectivity index (χ0) is 20.3. The third-order valence-electron chi connectivity index (χ3n) is 4.58. The first-order chi connectivity index (χ1) is 13.4. The molecule has 0 aromatic heterocycles. The summed E-state index contributed by atoms with van der Waals surface area (Å²) >= 11 is 0. The first kappa shape index (κ1) is 19.2. The van der Waals surface area contributed by atoms with Gasteiger partial charge in [-0.3, -0.25) is 4.79 Å². The zero-order valence-corrected chi connectivity index (χ0v) is 16.1. The van der Waals surface area contributed by atoms with E-state index in [1.807, 2.05) is 6.07 Å². The van der Waals surface area contributed by atoms with E-state index in [0.717, 1.165) is 5.01 Å². The van der Waals surface area contributed by atoms with E-state index in [1.54, 1.807) is 43.3 Å². The zero-order valence-electron chi connectivity index (χ0n) is 16.1. The van der Waals surface area contributed by atoms with Crippen LogP contribution < -0.4 is 19.5 Å². The summed E-state index contributed by atoms with van der Waals surface area (Å²) in [4.78, 5) is 25.3. The topological polar surface area (TPSA) is 89.5 Å². The molecule has 0 radical (unpaired) electrons. The summed E-state index contributed by atoms with van der Waals surface area (Å²) in [5, 5.41) is 7.60. The Balaban J connectivity index is 1.95. The summed E-state index contributed by atoms with van der Waals surface area (Å²) in [6, 6.07) is 11.7. The molecular formula is C20H21N3O5. The maximum absolute atomic E-state index is 12.9. The van der Waals surface area contributed by atoms with Crippen LogP contribution >= 0.6 is 0 Å². The largest absolute Gasteiger partial charge is 0.496 e. The van der Waals surface area contributed by atoms with Gasteiger partial charge in [0.15, 0.2) is 0 Å². The predicted octanol–water partition coefficient (Wildman–Crippen LogP) is 2.51. The highest BCUT2D eigenvalue weighted by Gasteiger charge is 2.49. The summed E-state index contributed by atoms with van der Waals surface area (Å²) in [5.74, 6) is 0.916. The molecule has 1 aliphatic heterocycles. The Bertz CT molecular complexity index is 904. The van der Waals surface area contributed by atoms with Crippen LogP contribution in [-0.4, -0.2) is 44.5 Å². The molecule has 0 aliphatic carbocycles. The number of imide groups is 1. The third kappa shape index (κ3) is 3.24. The minimum absolute atomic E-state index is 0.429. The molecular weight excluding hydrogens is 362 g/mol. The SMILES string of the molecule is COc1cc(OC)c(/C=N\N2C(=O)N[C@@](C)(c3ccccc3)C2=O)c(OC)c1. The molecule has 0 bridgehead atoms. The lowest BCUT2D eigenvalue weighted by Crippen LogP contribution is -2.40. The van der Waals surface area contributed by atoms with Crippen molar-refractivity contribution in [1.29, 1.82) is 0 Å². The number of hydrogen-bond donors (Lipinski definition) is 1. The van der Waals surface area contributed by atoms with Crippen LogP contribution in [0, 0.1) is 0 Å². The minimum atomic E-state index is -1.19. The number of benzene rings is 2. The average Bonchev–Trinajstić information content (AvgIpc) is 2.95. The van der Waals surface area contributed by atoms with Crippen LogP contribution in [0.4, 0.5) is 4.79 Å². The molecule has 0 saturated carbocycles. The lowest BCUT2D eigenvalue weighted by atomic mass is 9.92. The summed E-state index contributed by atoms with van der Waals surface area (Å²) in [7, 11) is 4.51. The number of urea groups is 1. The maximum atomic E-state index is 12.9. The molecule has 1 heterocycles. The van der Waals surface area contributed by atoms with Crippen molar-refractivity contribution < 1.29 is 23.8 Å². The summed E-state index contributed by atoms with van der Waals surface area (Å²) < 4.78 is 15.9. The number of methoxy groups -OCH3 is 3. The van der Waals surface area contributed by atoms with E-state index in [9.17, 15) is 9.59 Å². The normalized spacial score (nSPS) is 19.1. The lowest BCUT2D eigenvalue weighted by Gasteiger charge is -2.21. The van der Waals surface area contributed by atoms with E-state index >= 15 is 0 Å². The Morgan fingerprint density at radius 2 is 1.61 bits per heavy atom. The fraction of sp³-hybridized carbons (Fsp3) is 0.250. The van der Waals surface area contributed by atoms with Crippen LogP contribution in [0.3, 0.4) is 0 Å². The molecule has 8 nitrogen and oxygen atoms in total. The second-order valence-electron chi connectivity index (χ2n) is 6.23. The second kappa shape index (κ2) is 7.59. The molecule has 1 fully saturated rings. The Labute approximate surface area is 162 Å². The Morgan fingerprint density at radius 1 is 1.00 bits per heavy atom. The van der Waals surface area contributed by atoms with Gasteiger partial charge in [0, 0.05) is 12.1 Å². The number of hydrogen-bond acceptors (Lipinski definition) is 6. The molecule has 2 aromatic carbocycles. The van der Waals surface area contributed by atoms with Crippen molar-refractivity contribution in [3.63, 3.8) is 0 Å². The van der Waals surface area contributed by atoms with Crippen molar-refractivity contribution in [3.8, 4) is 17.2 Å². The van der Waals surface area contributed by atoms with Gasteiger partial charge in [-0.15, -0.1) is 5.01 Å². The smallest absolute Gasteiger partial charge is 0.346 e. The van der Waals surface area contributed by atoms with Gasteiger partial charge in [0.1, 0.15) is 22.8 Å². The fourth-order valence-electron chi connectivity index (χ4n) is 2.97. The number of ether oxygens (including phenoxy) is 3. The van der Waals surface area contributed by atoms with Crippen LogP contribution in [0.1, 0.15) is 18.1 Å². The van der Waals surface area contributed by atoms with Gasteiger partial charge in [0.05, 0.1) is 33.1 Å². The van der Waals surface area contributed by atoms with Gasteiger partial charge in [0.25, 0.3) is 5.91 Å². The van der Waals surface area contributed by atoms with Gasteiger partial charge >= 0.3 is 6.03 Å². The summed E-state index contributed by atoms with van der Waals surface area (Å²) in [5.41, 5.74) is -0.0468. The van der Waals surface area contributed by atoms with Crippen LogP contribution in [0.15, 0.2) is 47.6 Å². The van der Waals surface area contributed by atoms with E-state index in [-0.39, 0.29) is 0 Å². The van der Waals surface area contributed by atoms with E-state index in [4.69, 9.17) is 14.2 Å². The molecule has 1 atom stereocenters. The molecule has 28 heavy (non-hydrogen) atoms. The first-order valence-corrected chi connectivity index (χ1v) is 8.50. The number of rotatable bonds is 6. The van der Waals surface area contributed by atoms with Gasteiger partial charge < -0.3 is 19.5 Å². The van der Waals surface area contributed by atoms with E-state index < -0.39 is 17.5 Å². The first-order valence-electron chi connectivity index (χ1n) is 8.50. The predicted molar refractivity (Wildman–Crippen MR) is 103 cm³/mol. The average molecular weight is 383 g/mol. The third-order valence-corrected chi connectivity index (χ3v) is 4.58. The van der Waals surface area contributed by atoms with Crippen molar-refractivity contribution in [2.45, 2.75) is 12.5 Å². The van der Waals surface area contributed by atoms with Crippen LogP contribution in [0.5, 0.6) is 17.2 Å². The molecule has 0 unspecified atom stereocenters. The van der Waals surface area contributed by atoms with Crippen LogP contribution in [0.25, 0.3) is 0 Å². The fourth-order valence-corrected chi connectivity index (χ4v) is 2.97. The van der Waals surface area contributed by atoms with Gasteiger partial charge in [-0.25, -0.2) is 4.79 Å². The van der Waals surface area contributed by atoms with Gasteiger partial charge in [-0.1, -0.05) is 30.3 Å². The molecule has 1 N–H and O–H groups in total. The van der Waals surface area contributed by atoms with Crippen LogP contribution in [0.2, 0.25) is 0 Å². The van der Waals surface area contributed by atoms with Crippen molar-refractivity contribution >= 4 is 18.2 Å². The highest BCUT2D eigenvalue weighted by molar-refractivity contribution is 6.07. The van der Waals surface area contributed by atoms with E-state index in [2.05, 4.69) is 10.4 Å². The maximum Gasteiger partial charge on any atom is 0.346 e. The minimum Gasteiger partial charge on any atom is -0.496 e. The number of nitrogens with one attached hydrogen (secondary N) is 1. The Morgan fingerprint density at radius 3 is 2.14 bits per heavy atom. The number of carbonyl (C=O) groups is 2. The van der Waals surface area contributed by atoms with E-state index in [0.29, 0.717) is 28.4 Å². The van der Waals surface area contributed by atoms with E-state index in [1.165, 1.54) is 27.5 Å². The Hall–Kier alpha value is -3.55. The molecule has 1 aliphatic rings. The van der Waals surface area contributed by atoms with Gasteiger partial charge in [0.2, 0.25) is 0 Å². The molecule has 0 spiro atoms. The second-order valence-corrected chi connectivity index (χ2v) is 6.23. The standard InChI is InChI=1S/C20H21N3O5/c1-20(13-8-6-5-7-9-13)18(24)23(19(25)22-20)21-12-15-16(27-3)10-14(26-2)11-17(15)28-4/h5-12H,1-4H3,(H,22,25)/b21-12-/t20-/m0/s1. The summed E-state index contributed by atoms with van der Waals surface area (Å²) in [6.45, 7) is 1.65. The number of amides is 3. The van der Waals surface area contributed by atoms with Crippen molar-refractivity contribution in [2.24, 2.45) is 5.10 Å². The number of nitrogens with zero attached hydrogens (tertiary/aromatic N) is 2. The number of hydrazone groups is 1. The highest BCUT2D eigenvalue weighted by Crippen LogP contribution is 2.33. The quantitative estimate of drug-likeness (QED) is 0.612. The molecule has 2 aromatic rings. The van der Waals surface area contributed by atoms with Crippen molar-refractivity contribution in [2.75, 3.05) is 21.3 Å². The van der Waals surface area contributed by atoms with Gasteiger partial charge in [-0.05, 0) is 12.5 Å². The van der Waals surface area contributed by atoms with Crippen LogP contribution in [-0.2, 0) is 10.3 Å². The monoisotopic (exact) mass is 383 g/mol. The molecule has 1 saturated heterocycles. The highest BCUT2D eigenvalue weighted by atomic mass is 16.5. The molecule has 146 valence electrons. The molecule has 8 heteroatoms. The van der Waals surface area contributed by atoms with Crippen molar-refractivity contribution in [1.82, 2.24) is 10.3 Å².